The van der Waals surface area contributed by atoms with Crippen LogP contribution in [-0.4, -0.2) is 104 Å². The van der Waals surface area contributed by atoms with Crippen molar-refractivity contribution in [3.8, 4) is 12.1 Å². The molecule has 256 valence electrons. The molecule has 7 heterocycles. The normalized spacial score (nSPS) is 17.3. The number of guanidine groups is 1. The van der Waals surface area contributed by atoms with E-state index in [1.165, 1.54) is 0 Å². The Morgan fingerprint density at radius 2 is 1.43 bits per heavy atom. The first-order valence-corrected chi connectivity index (χ1v) is 17.5. The van der Waals surface area contributed by atoms with Crippen LogP contribution in [-0.2, 0) is 6.42 Å². The lowest BCUT2D eigenvalue weighted by Gasteiger charge is -2.41. The molecule has 8 rings (SSSR count). The van der Waals surface area contributed by atoms with Gasteiger partial charge in [0.25, 0.3) is 0 Å². The molecule has 0 spiro atoms. The van der Waals surface area contributed by atoms with Crippen molar-refractivity contribution < 1.29 is 0 Å². The van der Waals surface area contributed by atoms with Crippen molar-refractivity contribution in [2.75, 3.05) is 72.0 Å². The fraction of sp³-hybridized carbons (Fsp3) is 0.314. The average Bonchev–Trinajstić information content (AvgIpc) is 3.63. The van der Waals surface area contributed by atoms with Gasteiger partial charge in [-0.3, -0.25) is 9.88 Å². The summed E-state index contributed by atoms with van der Waals surface area (Å²) in [7, 11) is 0. The number of hydrogen-bond acceptors (Lipinski definition) is 16. The Labute approximate surface area is 299 Å². The standard InChI is InChI=1S/C21H20N8S.C14H15N7/c22-8-6-16-7-11-25-20(29(16)21-26-17-4-1-2-5-18(17)30-21)28-14-12-27(13-15-28)19-23-9-3-10-24-19;15-3-1-12-2-4-18-14(19-12)21-9-7-20(8-10-21)13-11-16-5-6-17-13/h1-5,7,9-11,16H,6,12-15H2;2,4-6,11H,1,7-10H2. The molecule has 15 nitrogen and oxygen atoms in total. The van der Waals surface area contributed by atoms with Crippen molar-refractivity contribution in [1.29, 1.82) is 10.5 Å². The van der Waals surface area contributed by atoms with Gasteiger partial charge in [-0.15, -0.1) is 0 Å². The lowest BCUT2D eigenvalue weighted by molar-refractivity contribution is 0.373. The fourth-order valence-corrected chi connectivity index (χ4v) is 7.07. The Morgan fingerprint density at radius 1 is 0.706 bits per heavy atom. The van der Waals surface area contributed by atoms with Crippen LogP contribution in [0.15, 0.2) is 90.8 Å². The maximum absolute atomic E-state index is 9.38. The second-order valence-corrected chi connectivity index (χ2v) is 12.8. The van der Waals surface area contributed by atoms with Crippen molar-refractivity contribution in [2.24, 2.45) is 4.99 Å². The number of aromatic nitrogens is 7. The van der Waals surface area contributed by atoms with Crippen molar-refractivity contribution in [2.45, 2.75) is 18.9 Å². The Kier molecular flexibility index (Phi) is 10.4. The predicted octanol–water partition coefficient (Wildman–Crippen LogP) is 3.54. The maximum Gasteiger partial charge on any atom is 0.225 e. The number of hydrogen-bond donors (Lipinski definition) is 0. The molecular weight excluding hydrogens is 663 g/mol. The monoisotopic (exact) mass is 697 g/mol. The molecule has 2 saturated heterocycles. The van der Waals surface area contributed by atoms with E-state index in [4.69, 9.17) is 15.2 Å². The van der Waals surface area contributed by atoms with Gasteiger partial charge in [-0.1, -0.05) is 23.5 Å². The second kappa shape index (κ2) is 16.0. The summed E-state index contributed by atoms with van der Waals surface area (Å²) in [5, 5.41) is 19.0. The Balaban J connectivity index is 0.000000170. The Hall–Kier alpha value is -6.26. The molecule has 3 aliphatic rings. The Bertz CT molecular complexity index is 2010. The van der Waals surface area contributed by atoms with Gasteiger partial charge >= 0.3 is 0 Å². The lowest BCUT2D eigenvalue weighted by Crippen LogP contribution is -2.56. The van der Waals surface area contributed by atoms with E-state index in [1.54, 1.807) is 54.6 Å². The summed E-state index contributed by atoms with van der Waals surface area (Å²) in [5.41, 5.74) is 1.73. The number of piperazine rings is 2. The van der Waals surface area contributed by atoms with Crippen molar-refractivity contribution in [1.82, 2.24) is 39.8 Å². The van der Waals surface area contributed by atoms with E-state index in [-0.39, 0.29) is 6.04 Å². The quantitative estimate of drug-likeness (QED) is 0.253. The molecule has 5 aromatic rings. The zero-order valence-corrected chi connectivity index (χ0v) is 28.7. The molecule has 0 amide bonds. The van der Waals surface area contributed by atoms with Gasteiger partial charge in [-0.25, -0.2) is 34.9 Å². The van der Waals surface area contributed by atoms with E-state index in [0.717, 1.165) is 91.1 Å². The summed E-state index contributed by atoms with van der Waals surface area (Å²) < 4.78 is 1.13. The number of benzene rings is 1. The molecule has 0 bridgehead atoms. The minimum absolute atomic E-state index is 0.0847. The molecule has 4 aromatic heterocycles. The highest BCUT2D eigenvalue weighted by molar-refractivity contribution is 7.22. The lowest BCUT2D eigenvalue weighted by atomic mass is 10.1. The van der Waals surface area contributed by atoms with E-state index in [9.17, 15) is 5.26 Å². The molecule has 0 aliphatic carbocycles. The molecule has 1 atom stereocenters. The van der Waals surface area contributed by atoms with Crippen LogP contribution in [0.5, 0.6) is 0 Å². The minimum Gasteiger partial charge on any atom is -0.352 e. The first kappa shape index (κ1) is 33.2. The van der Waals surface area contributed by atoms with Gasteiger partial charge in [-0.05, 0) is 30.3 Å². The molecule has 1 unspecified atom stereocenters. The number of aliphatic imine (C=N–C) groups is 1. The van der Waals surface area contributed by atoms with Gasteiger partial charge in [0, 0.05) is 89.5 Å². The smallest absolute Gasteiger partial charge is 0.225 e. The number of fused-ring (bicyclic) bond motifs is 1. The summed E-state index contributed by atoms with van der Waals surface area (Å²) in [6.45, 7) is 6.57. The van der Waals surface area contributed by atoms with E-state index in [0.29, 0.717) is 18.8 Å². The number of nitriles is 2. The van der Waals surface area contributed by atoms with Gasteiger partial charge in [0.2, 0.25) is 17.9 Å². The van der Waals surface area contributed by atoms with Gasteiger partial charge < -0.3 is 19.6 Å². The molecule has 2 fully saturated rings. The molecule has 3 aliphatic heterocycles. The minimum atomic E-state index is -0.0847. The van der Waals surface area contributed by atoms with E-state index in [1.807, 2.05) is 36.5 Å². The van der Waals surface area contributed by atoms with Crippen LogP contribution < -0.4 is 19.6 Å². The summed E-state index contributed by atoms with van der Waals surface area (Å²) in [6.07, 6.45) is 14.9. The molecule has 1 aromatic carbocycles. The van der Waals surface area contributed by atoms with Gasteiger partial charge in [-0.2, -0.15) is 10.5 Å². The van der Waals surface area contributed by atoms with Gasteiger partial charge in [0.15, 0.2) is 5.13 Å². The summed E-state index contributed by atoms with van der Waals surface area (Å²) >= 11 is 1.63. The van der Waals surface area contributed by atoms with Crippen molar-refractivity contribution in [3.05, 3.63) is 91.5 Å². The molecule has 0 radical (unpaired) electrons. The number of para-hydroxylation sites is 1. The third kappa shape index (κ3) is 7.82. The average molecular weight is 698 g/mol. The predicted molar refractivity (Wildman–Crippen MR) is 196 cm³/mol. The highest BCUT2D eigenvalue weighted by Crippen LogP contribution is 2.33. The van der Waals surface area contributed by atoms with Crippen LogP contribution >= 0.6 is 11.3 Å². The first-order chi connectivity index (χ1) is 25.2. The zero-order chi connectivity index (χ0) is 34.8. The molecule has 0 saturated carbocycles. The number of rotatable bonds is 6. The fourth-order valence-electron chi connectivity index (χ4n) is 6.05. The SMILES string of the molecule is N#CCC1C=CN=C(N2CCN(c3ncccn3)CC2)N1c1nc2ccccc2s1.N#CCc1ccnc(N2CCN(c3cnccn3)CC2)n1. The van der Waals surface area contributed by atoms with Crippen LogP contribution in [0.25, 0.3) is 10.2 Å². The number of anilines is 4. The van der Waals surface area contributed by atoms with Crippen LogP contribution in [0.4, 0.5) is 22.8 Å². The van der Waals surface area contributed by atoms with Crippen molar-refractivity contribution >= 4 is 50.4 Å². The summed E-state index contributed by atoms with van der Waals surface area (Å²) in [4.78, 5) is 46.3. The van der Waals surface area contributed by atoms with E-state index >= 15 is 0 Å². The molecule has 51 heavy (non-hydrogen) atoms. The first-order valence-electron chi connectivity index (χ1n) is 16.7. The Morgan fingerprint density at radius 3 is 2.16 bits per heavy atom. The number of nitrogens with zero attached hydrogens (tertiary/aromatic N) is 15. The third-order valence-corrected chi connectivity index (χ3v) is 9.66. The van der Waals surface area contributed by atoms with Gasteiger partial charge in [0.1, 0.15) is 5.82 Å². The summed E-state index contributed by atoms with van der Waals surface area (Å²) in [5.74, 6) is 3.20. The zero-order valence-electron chi connectivity index (χ0n) is 27.8. The van der Waals surface area contributed by atoms with Crippen LogP contribution in [0, 0.1) is 22.7 Å². The maximum atomic E-state index is 9.38. The topological polar surface area (TPSA) is 166 Å². The van der Waals surface area contributed by atoms with Crippen LogP contribution in [0.1, 0.15) is 12.1 Å². The van der Waals surface area contributed by atoms with Crippen molar-refractivity contribution in [3.63, 3.8) is 0 Å². The molecule has 0 N–H and O–H groups in total. The number of thiazole rings is 1. The molecule has 16 heteroatoms. The largest absolute Gasteiger partial charge is 0.352 e. The summed E-state index contributed by atoms with van der Waals surface area (Å²) in [6, 6.07) is 16.0. The van der Waals surface area contributed by atoms with E-state index < -0.39 is 0 Å². The highest BCUT2D eigenvalue weighted by atomic mass is 32.1. The van der Waals surface area contributed by atoms with Crippen LogP contribution in [0.3, 0.4) is 0 Å². The highest BCUT2D eigenvalue weighted by Gasteiger charge is 2.32. The molecular formula is C35H35N15S. The third-order valence-electron chi connectivity index (χ3n) is 8.63. The second-order valence-electron chi connectivity index (χ2n) is 11.8. The van der Waals surface area contributed by atoms with Crippen LogP contribution in [0.2, 0.25) is 0 Å². The van der Waals surface area contributed by atoms with E-state index in [2.05, 4.69) is 72.6 Å². The van der Waals surface area contributed by atoms with Gasteiger partial charge in [0.05, 0.1) is 53.1 Å².